The first-order valence-corrected chi connectivity index (χ1v) is 5.44. The second kappa shape index (κ2) is 5.19. The quantitative estimate of drug-likeness (QED) is 0.883. The van der Waals surface area contributed by atoms with Gasteiger partial charge in [0.25, 0.3) is 0 Å². The molecule has 0 heterocycles. The first kappa shape index (κ1) is 11.9. The van der Waals surface area contributed by atoms with Crippen LogP contribution in [0.15, 0.2) is 55.1 Å². The van der Waals surface area contributed by atoms with Gasteiger partial charge in [-0.05, 0) is 18.2 Å². The number of benzene rings is 2. The Labute approximate surface area is 105 Å². The van der Waals surface area contributed by atoms with Gasteiger partial charge in [0.1, 0.15) is 17.1 Å². The Hall–Kier alpha value is -2.55. The van der Waals surface area contributed by atoms with Crippen LogP contribution in [0.4, 0.5) is 0 Å². The first-order chi connectivity index (χ1) is 8.72. The van der Waals surface area contributed by atoms with E-state index >= 15 is 0 Å². The maximum Gasteiger partial charge on any atom is 0.339 e. The van der Waals surface area contributed by atoms with E-state index in [2.05, 4.69) is 6.58 Å². The lowest BCUT2D eigenvalue weighted by Gasteiger charge is -2.11. The molecule has 0 atom stereocenters. The van der Waals surface area contributed by atoms with Crippen molar-refractivity contribution >= 4 is 12.0 Å². The van der Waals surface area contributed by atoms with Gasteiger partial charge in [0, 0.05) is 5.56 Å². The molecule has 0 bridgehead atoms. The highest BCUT2D eigenvalue weighted by Crippen LogP contribution is 2.30. The molecular formula is C15H12O3. The normalized spacial score (nSPS) is 9.78. The van der Waals surface area contributed by atoms with Gasteiger partial charge >= 0.3 is 5.97 Å². The summed E-state index contributed by atoms with van der Waals surface area (Å²) in [5, 5.41) is 9.15. The van der Waals surface area contributed by atoms with Crippen LogP contribution in [0.5, 0.6) is 11.5 Å². The Morgan fingerprint density at radius 3 is 2.44 bits per heavy atom. The van der Waals surface area contributed by atoms with Gasteiger partial charge in [-0.25, -0.2) is 4.79 Å². The molecule has 90 valence electrons. The monoisotopic (exact) mass is 240 g/mol. The van der Waals surface area contributed by atoms with Crippen LogP contribution in [-0.2, 0) is 0 Å². The highest BCUT2D eigenvalue weighted by molar-refractivity contribution is 5.92. The summed E-state index contributed by atoms with van der Waals surface area (Å²) in [5.74, 6) is -0.120. The Morgan fingerprint density at radius 2 is 1.83 bits per heavy atom. The standard InChI is InChI=1S/C15H12O3/c1-2-11-7-6-10-13(15(16)17)14(11)18-12-8-4-3-5-9-12/h2-10H,1H2,(H,16,17). The lowest BCUT2D eigenvalue weighted by Crippen LogP contribution is -2.01. The van der Waals surface area contributed by atoms with Crippen LogP contribution < -0.4 is 4.74 Å². The number of para-hydroxylation sites is 2. The molecule has 2 aromatic rings. The Kier molecular flexibility index (Phi) is 3.44. The Bertz CT molecular complexity index is 574. The zero-order valence-electron chi connectivity index (χ0n) is 9.67. The van der Waals surface area contributed by atoms with Crippen LogP contribution in [0.2, 0.25) is 0 Å². The van der Waals surface area contributed by atoms with Crippen molar-refractivity contribution in [2.24, 2.45) is 0 Å². The van der Waals surface area contributed by atoms with E-state index in [1.54, 1.807) is 30.3 Å². The number of ether oxygens (including phenoxy) is 1. The largest absolute Gasteiger partial charge is 0.478 e. The predicted octanol–water partition coefficient (Wildman–Crippen LogP) is 3.82. The van der Waals surface area contributed by atoms with E-state index in [9.17, 15) is 4.79 Å². The Morgan fingerprint density at radius 1 is 1.11 bits per heavy atom. The summed E-state index contributed by atoms with van der Waals surface area (Å²) in [4.78, 5) is 11.2. The van der Waals surface area contributed by atoms with Crippen molar-refractivity contribution in [2.75, 3.05) is 0 Å². The third kappa shape index (κ3) is 2.40. The summed E-state index contributed by atoms with van der Waals surface area (Å²) in [5.41, 5.74) is 0.773. The van der Waals surface area contributed by atoms with Gasteiger partial charge in [-0.1, -0.05) is 43.0 Å². The van der Waals surface area contributed by atoms with Gasteiger partial charge in [-0.15, -0.1) is 0 Å². The average molecular weight is 240 g/mol. The molecule has 2 aromatic carbocycles. The lowest BCUT2D eigenvalue weighted by molar-refractivity contribution is 0.0694. The molecule has 0 aliphatic carbocycles. The zero-order valence-corrected chi connectivity index (χ0v) is 9.67. The molecule has 1 N–H and O–H groups in total. The van der Waals surface area contributed by atoms with Crippen molar-refractivity contribution in [3.63, 3.8) is 0 Å². The van der Waals surface area contributed by atoms with E-state index in [-0.39, 0.29) is 5.56 Å². The van der Waals surface area contributed by atoms with Gasteiger partial charge < -0.3 is 9.84 Å². The van der Waals surface area contributed by atoms with Gasteiger partial charge in [-0.3, -0.25) is 0 Å². The average Bonchev–Trinajstić information content (AvgIpc) is 2.40. The van der Waals surface area contributed by atoms with Gasteiger partial charge in [0.2, 0.25) is 0 Å². The second-order valence-electron chi connectivity index (χ2n) is 3.65. The zero-order chi connectivity index (χ0) is 13.0. The van der Waals surface area contributed by atoms with Crippen LogP contribution in [0.1, 0.15) is 15.9 Å². The van der Waals surface area contributed by atoms with Crippen molar-refractivity contribution < 1.29 is 14.6 Å². The molecule has 0 spiro atoms. The molecule has 0 aromatic heterocycles. The molecule has 0 radical (unpaired) electrons. The molecular weight excluding hydrogens is 228 g/mol. The third-order valence-corrected chi connectivity index (χ3v) is 2.46. The van der Waals surface area contributed by atoms with Crippen molar-refractivity contribution in [1.29, 1.82) is 0 Å². The summed E-state index contributed by atoms with van der Waals surface area (Å²) in [6.45, 7) is 3.66. The fourth-order valence-electron chi connectivity index (χ4n) is 1.60. The fraction of sp³-hybridized carbons (Fsp3) is 0. The summed E-state index contributed by atoms with van der Waals surface area (Å²) < 4.78 is 5.64. The molecule has 2 rings (SSSR count). The van der Waals surface area contributed by atoms with Crippen molar-refractivity contribution in [3.8, 4) is 11.5 Å². The van der Waals surface area contributed by atoms with E-state index in [1.807, 2.05) is 18.2 Å². The highest BCUT2D eigenvalue weighted by Gasteiger charge is 2.14. The van der Waals surface area contributed by atoms with E-state index in [4.69, 9.17) is 9.84 Å². The van der Waals surface area contributed by atoms with Crippen molar-refractivity contribution in [1.82, 2.24) is 0 Å². The van der Waals surface area contributed by atoms with Crippen LogP contribution in [-0.4, -0.2) is 11.1 Å². The third-order valence-electron chi connectivity index (χ3n) is 2.46. The minimum atomic E-state index is -1.02. The first-order valence-electron chi connectivity index (χ1n) is 5.44. The summed E-state index contributed by atoms with van der Waals surface area (Å²) in [6, 6.07) is 14.0. The van der Waals surface area contributed by atoms with Crippen LogP contribution in [0.25, 0.3) is 6.08 Å². The minimum Gasteiger partial charge on any atom is -0.478 e. The molecule has 0 aliphatic rings. The van der Waals surface area contributed by atoms with E-state index in [1.165, 1.54) is 6.07 Å². The Balaban J connectivity index is 2.48. The lowest BCUT2D eigenvalue weighted by atomic mass is 10.1. The molecule has 3 nitrogen and oxygen atoms in total. The number of hydrogen-bond acceptors (Lipinski definition) is 2. The second-order valence-corrected chi connectivity index (χ2v) is 3.65. The van der Waals surface area contributed by atoms with Gasteiger partial charge in [0.15, 0.2) is 0 Å². The summed E-state index contributed by atoms with van der Waals surface area (Å²) in [6.07, 6.45) is 1.57. The molecule has 0 amide bonds. The predicted molar refractivity (Wildman–Crippen MR) is 70.0 cm³/mol. The maximum atomic E-state index is 11.2. The number of carboxylic acid groups (broad SMARTS) is 1. The molecule has 3 heteroatoms. The maximum absolute atomic E-state index is 11.2. The van der Waals surface area contributed by atoms with Crippen LogP contribution in [0, 0.1) is 0 Å². The summed E-state index contributed by atoms with van der Waals surface area (Å²) in [7, 11) is 0. The SMILES string of the molecule is C=Cc1cccc(C(=O)O)c1Oc1ccccc1. The molecule has 0 unspecified atom stereocenters. The molecule has 18 heavy (non-hydrogen) atoms. The fourth-order valence-corrected chi connectivity index (χ4v) is 1.60. The van der Waals surface area contributed by atoms with Crippen molar-refractivity contribution in [2.45, 2.75) is 0 Å². The smallest absolute Gasteiger partial charge is 0.339 e. The van der Waals surface area contributed by atoms with Crippen molar-refractivity contribution in [3.05, 3.63) is 66.2 Å². The number of rotatable bonds is 4. The number of carboxylic acids is 1. The summed E-state index contributed by atoms with van der Waals surface area (Å²) >= 11 is 0. The minimum absolute atomic E-state index is 0.122. The van der Waals surface area contributed by atoms with E-state index < -0.39 is 5.97 Å². The topological polar surface area (TPSA) is 46.5 Å². The highest BCUT2D eigenvalue weighted by atomic mass is 16.5. The van der Waals surface area contributed by atoms with E-state index in [0.29, 0.717) is 17.1 Å². The van der Waals surface area contributed by atoms with Gasteiger partial charge in [0.05, 0.1) is 0 Å². The van der Waals surface area contributed by atoms with Crippen LogP contribution >= 0.6 is 0 Å². The number of carbonyl (C=O) groups is 1. The molecule has 0 saturated carbocycles. The van der Waals surface area contributed by atoms with E-state index in [0.717, 1.165) is 0 Å². The molecule has 0 saturated heterocycles. The van der Waals surface area contributed by atoms with Gasteiger partial charge in [-0.2, -0.15) is 0 Å². The number of aromatic carboxylic acids is 1. The van der Waals surface area contributed by atoms with Crippen LogP contribution in [0.3, 0.4) is 0 Å². The number of hydrogen-bond donors (Lipinski definition) is 1. The molecule has 0 aliphatic heterocycles. The molecule has 0 fully saturated rings.